The van der Waals surface area contributed by atoms with Crippen molar-refractivity contribution in [3.05, 3.63) is 24.2 Å². The molecule has 0 aliphatic heterocycles. The zero-order valence-electron chi connectivity index (χ0n) is 12.5. The zero-order valence-corrected chi connectivity index (χ0v) is 12.5. The van der Waals surface area contributed by atoms with E-state index in [0.29, 0.717) is 18.6 Å². The van der Waals surface area contributed by atoms with Gasteiger partial charge in [0.1, 0.15) is 5.76 Å². The molecule has 1 aliphatic rings. The summed E-state index contributed by atoms with van der Waals surface area (Å²) < 4.78 is 43.4. The molecule has 0 saturated heterocycles. The van der Waals surface area contributed by atoms with Gasteiger partial charge in [0.25, 0.3) is 0 Å². The van der Waals surface area contributed by atoms with E-state index in [-0.39, 0.29) is 31.3 Å². The van der Waals surface area contributed by atoms with Crippen molar-refractivity contribution >= 4 is 5.91 Å². The molecular weight excluding hydrogens is 297 g/mol. The molecule has 1 saturated carbocycles. The fourth-order valence-corrected chi connectivity index (χ4v) is 2.81. The van der Waals surface area contributed by atoms with Crippen molar-refractivity contribution in [2.24, 2.45) is 5.92 Å². The van der Waals surface area contributed by atoms with E-state index >= 15 is 0 Å². The summed E-state index contributed by atoms with van der Waals surface area (Å²) >= 11 is 0. The maximum absolute atomic E-state index is 12.8. The van der Waals surface area contributed by atoms with Crippen LogP contribution in [0.2, 0.25) is 0 Å². The Labute approximate surface area is 127 Å². The van der Waals surface area contributed by atoms with E-state index in [1.165, 1.54) is 6.26 Å². The summed E-state index contributed by atoms with van der Waals surface area (Å²) in [5.41, 5.74) is 0. The Morgan fingerprint density at radius 3 is 2.86 bits per heavy atom. The highest BCUT2D eigenvalue weighted by Crippen LogP contribution is 2.37. The van der Waals surface area contributed by atoms with Gasteiger partial charge in [-0.3, -0.25) is 4.79 Å². The minimum atomic E-state index is -4.15. The quantitative estimate of drug-likeness (QED) is 0.877. The normalized spacial score (nSPS) is 24.0. The highest BCUT2D eigenvalue weighted by atomic mass is 19.4. The van der Waals surface area contributed by atoms with Gasteiger partial charge in [-0.1, -0.05) is 6.42 Å². The summed E-state index contributed by atoms with van der Waals surface area (Å²) in [6.45, 7) is 1.93. The molecule has 1 fully saturated rings. The molecule has 2 N–H and O–H groups in total. The van der Waals surface area contributed by atoms with Crippen LogP contribution in [0.25, 0.3) is 0 Å². The Kier molecular flexibility index (Phi) is 5.50. The number of furan rings is 1. The van der Waals surface area contributed by atoms with Gasteiger partial charge in [-0.15, -0.1) is 0 Å². The second-order valence-electron chi connectivity index (χ2n) is 5.79. The van der Waals surface area contributed by atoms with E-state index in [1.54, 1.807) is 19.1 Å². The predicted molar refractivity (Wildman–Crippen MR) is 75.0 cm³/mol. The Balaban J connectivity index is 1.78. The molecule has 0 bridgehead atoms. The smallest absolute Gasteiger partial charge is 0.391 e. The molecule has 0 unspecified atom stereocenters. The Morgan fingerprint density at radius 2 is 2.23 bits per heavy atom. The number of amides is 1. The number of carbonyl (C=O) groups excluding carboxylic acids is 1. The average molecular weight is 318 g/mol. The SMILES string of the molecule is C[C@H](N[C@@H]1CCC[C@@H](C(F)(F)F)C1)C(=O)NCc1ccco1. The van der Waals surface area contributed by atoms with E-state index < -0.39 is 18.1 Å². The van der Waals surface area contributed by atoms with Gasteiger partial charge in [-0.25, -0.2) is 0 Å². The van der Waals surface area contributed by atoms with Crippen LogP contribution in [0.15, 0.2) is 22.8 Å². The lowest BCUT2D eigenvalue weighted by Gasteiger charge is -2.32. The first kappa shape index (κ1) is 16.9. The van der Waals surface area contributed by atoms with Crippen molar-refractivity contribution in [1.29, 1.82) is 0 Å². The molecular formula is C15H21F3N2O2. The second-order valence-corrected chi connectivity index (χ2v) is 5.79. The van der Waals surface area contributed by atoms with Crippen LogP contribution in [0.3, 0.4) is 0 Å². The summed E-state index contributed by atoms with van der Waals surface area (Å²) in [4.78, 5) is 12.0. The van der Waals surface area contributed by atoms with Crippen LogP contribution in [-0.2, 0) is 11.3 Å². The number of halogens is 3. The lowest BCUT2D eigenvalue weighted by atomic mass is 9.85. The molecule has 1 amide bonds. The molecule has 1 heterocycles. The molecule has 3 atom stereocenters. The molecule has 7 heteroatoms. The number of nitrogens with one attached hydrogen (secondary N) is 2. The van der Waals surface area contributed by atoms with Crippen LogP contribution in [0.1, 0.15) is 38.4 Å². The van der Waals surface area contributed by atoms with E-state index in [9.17, 15) is 18.0 Å². The first-order chi connectivity index (χ1) is 10.4. The monoisotopic (exact) mass is 318 g/mol. The number of carbonyl (C=O) groups is 1. The van der Waals surface area contributed by atoms with Crippen molar-refractivity contribution in [2.45, 2.75) is 57.4 Å². The first-order valence-corrected chi connectivity index (χ1v) is 7.49. The summed E-state index contributed by atoms with van der Waals surface area (Å²) in [5.74, 6) is -0.877. The van der Waals surface area contributed by atoms with Crippen LogP contribution in [-0.4, -0.2) is 24.2 Å². The average Bonchev–Trinajstić information content (AvgIpc) is 2.97. The largest absolute Gasteiger partial charge is 0.467 e. The first-order valence-electron chi connectivity index (χ1n) is 7.49. The minimum Gasteiger partial charge on any atom is -0.467 e. The van der Waals surface area contributed by atoms with E-state index in [2.05, 4.69) is 10.6 Å². The topological polar surface area (TPSA) is 54.3 Å². The van der Waals surface area contributed by atoms with Crippen LogP contribution in [0.5, 0.6) is 0 Å². The molecule has 1 aromatic rings. The third-order valence-corrected chi connectivity index (χ3v) is 4.03. The molecule has 0 spiro atoms. The Bertz CT molecular complexity index is 474. The second kappa shape index (κ2) is 7.17. The third kappa shape index (κ3) is 4.76. The molecule has 1 aliphatic carbocycles. The number of hydrogen-bond donors (Lipinski definition) is 2. The lowest BCUT2D eigenvalue weighted by molar-refractivity contribution is -0.183. The summed E-state index contributed by atoms with van der Waals surface area (Å²) in [5, 5.41) is 5.71. The van der Waals surface area contributed by atoms with Crippen molar-refractivity contribution in [3.8, 4) is 0 Å². The number of alkyl halides is 3. The van der Waals surface area contributed by atoms with Crippen LogP contribution < -0.4 is 10.6 Å². The fourth-order valence-electron chi connectivity index (χ4n) is 2.81. The predicted octanol–water partition coefficient (Wildman–Crippen LogP) is 3.00. The van der Waals surface area contributed by atoms with Crippen molar-refractivity contribution < 1.29 is 22.4 Å². The third-order valence-electron chi connectivity index (χ3n) is 4.03. The molecule has 0 radical (unpaired) electrons. The van der Waals surface area contributed by atoms with Crippen molar-refractivity contribution in [3.63, 3.8) is 0 Å². The highest BCUT2D eigenvalue weighted by Gasteiger charge is 2.42. The van der Waals surface area contributed by atoms with Crippen molar-refractivity contribution in [1.82, 2.24) is 10.6 Å². The summed E-state index contributed by atoms with van der Waals surface area (Å²) in [6, 6.07) is 2.66. The Morgan fingerprint density at radius 1 is 1.45 bits per heavy atom. The van der Waals surface area contributed by atoms with E-state index in [1.807, 2.05) is 0 Å². The molecule has 1 aromatic heterocycles. The fraction of sp³-hybridized carbons (Fsp3) is 0.667. The maximum atomic E-state index is 12.8. The van der Waals surface area contributed by atoms with Crippen LogP contribution in [0, 0.1) is 5.92 Å². The summed E-state index contributed by atoms with van der Waals surface area (Å²) in [7, 11) is 0. The lowest BCUT2D eigenvalue weighted by Crippen LogP contribution is -2.48. The van der Waals surface area contributed by atoms with Gasteiger partial charge >= 0.3 is 6.18 Å². The molecule has 22 heavy (non-hydrogen) atoms. The van der Waals surface area contributed by atoms with Gasteiger partial charge in [0.15, 0.2) is 0 Å². The van der Waals surface area contributed by atoms with Crippen molar-refractivity contribution in [2.75, 3.05) is 0 Å². The molecule has 124 valence electrons. The number of hydrogen-bond acceptors (Lipinski definition) is 3. The molecule has 0 aromatic carbocycles. The van der Waals surface area contributed by atoms with Gasteiger partial charge in [0.2, 0.25) is 5.91 Å². The zero-order chi connectivity index (χ0) is 16.2. The van der Waals surface area contributed by atoms with Gasteiger partial charge < -0.3 is 15.1 Å². The number of rotatable bonds is 5. The maximum Gasteiger partial charge on any atom is 0.391 e. The summed E-state index contributed by atoms with van der Waals surface area (Å²) in [6.07, 6.45) is -1.21. The molecule has 4 nitrogen and oxygen atoms in total. The van der Waals surface area contributed by atoms with Crippen LogP contribution in [0.4, 0.5) is 13.2 Å². The molecule has 2 rings (SSSR count). The van der Waals surface area contributed by atoms with Crippen LogP contribution >= 0.6 is 0 Å². The van der Waals surface area contributed by atoms with Gasteiger partial charge in [0, 0.05) is 6.04 Å². The van der Waals surface area contributed by atoms with E-state index in [4.69, 9.17) is 4.42 Å². The van der Waals surface area contributed by atoms with Gasteiger partial charge in [-0.2, -0.15) is 13.2 Å². The Hall–Kier alpha value is -1.50. The van der Waals surface area contributed by atoms with Gasteiger partial charge in [0.05, 0.1) is 24.8 Å². The highest BCUT2D eigenvalue weighted by molar-refractivity contribution is 5.81. The van der Waals surface area contributed by atoms with E-state index in [0.717, 1.165) is 0 Å². The standard InChI is InChI=1S/C15H21F3N2O2/c1-10(14(21)19-9-13-6-3-7-22-13)20-12-5-2-4-11(8-12)15(16,17)18/h3,6-7,10-12,20H,2,4-5,8-9H2,1H3,(H,19,21)/t10-,11+,12+/m0/s1. The van der Waals surface area contributed by atoms with Gasteiger partial charge in [-0.05, 0) is 38.3 Å². The minimum absolute atomic E-state index is 0.0410.